The van der Waals surface area contributed by atoms with Crippen LogP contribution in [0.4, 0.5) is 0 Å². The highest BCUT2D eigenvalue weighted by Crippen LogP contribution is 2.54. The van der Waals surface area contributed by atoms with Crippen molar-refractivity contribution in [3.63, 3.8) is 0 Å². The Kier molecular flexibility index (Phi) is 18.1. The monoisotopic (exact) mass is 714 g/mol. The molecule has 18 nitrogen and oxygen atoms in total. The summed E-state index contributed by atoms with van der Waals surface area (Å²) in [6.07, 6.45) is -16.2. The van der Waals surface area contributed by atoms with Gasteiger partial charge in [0.05, 0.1) is 0 Å². The predicted molar refractivity (Wildman–Crippen MR) is 154 cm³/mol. The summed E-state index contributed by atoms with van der Waals surface area (Å²) in [6, 6.07) is 0. The molecule has 1 aliphatic carbocycles. The van der Waals surface area contributed by atoms with E-state index in [0.717, 1.165) is 0 Å². The molecule has 0 aliphatic heterocycles. The SMILES string of the molecule is CCCCC(=O)OC1[C@@H](OC(=O)CCCC)[C@H](OP(=O)(O)CO)C(OP(=O)(O)CO)[C@@H](OP(=O)(O)CO)[C@H]1OC(=O)CCCC. The van der Waals surface area contributed by atoms with Crippen molar-refractivity contribution < 1.29 is 85.9 Å². The van der Waals surface area contributed by atoms with E-state index in [4.69, 9.17) is 27.8 Å². The molecule has 0 bridgehead atoms. The van der Waals surface area contributed by atoms with Crippen LogP contribution in [0, 0.1) is 0 Å². The number of carbonyl (C=O) groups is 3. The number of rotatable bonds is 21. The van der Waals surface area contributed by atoms with E-state index in [-0.39, 0.29) is 32.1 Å². The van der Waals surface area contributed by atoms with Crippen molar-refractivity contribution in [1.29, 1.82) is 0 Å². The average Bonchev–Trinajstić information content (AvgIpc) is 2.98. The van der Waals surface area contributed by atoms with E-state index in [2.05, 4.69) is 0 Å². The maximum absolute atomic E-state index is 12.9. The van der Waals surface area contributed by atoms with E-state index < -0.39 is 96.4 Å². The van der Waals surface area contributed by atoms with E-state index in [0.29, 0.717) is 25.7 Å². The minimum absolute atomic E-state index is 0.225. The number of aliphatic hydroxyl groups is 3. The van der Waals surface area contributed by atoms with Gasteiger partial charge < -0.3 is 44.2 Å². The number of unbranched alkanes of at least 4 members (excludes halogenated alkanes) is 3. The molecule has 264 valence electrons. The van der Waals surface area contributed by atoms with Crippen molar-refractivity contribution in [2.24, 2.45) is 0 Å². The summed E-state index contributed by atoms with van der Waals surface area (Å²) in [7, 11) is -15.4. The normalized spacial score (nSPS) is 27.4. The van der Waals surface area contributed by atoms with Crippen molar-refractivity contribution in [2.75, 3.05) is 19.0 Å². The summed E-state index contributed by atoms with van der Waals surface area (Å²) in [5.74, 6) is -2.95. The van der Waals surface area contributed by atoms with E-state index in [1.165, 1.54) is 0 Å². The maximum Gasteiger partial charge on any atom is 0.353 e. The molecule has 1 saturated carbocycles. The first-order valence-electron chi connectivity index (χ1n) is 14.4. The van der Waals surface area contributed by atoms with Gasteiger partial charge in [0.15, 0.2) is 18.3 Å². The molecule has 1 fully saturated rings. The Bertz CT molecular complexity index is 1040. The summed E-state index contributed by atoms with van der Waals surface area (Å²) in [4.78, 5) is 69.3. The Labute approximate surface area is 260 Å². The second kappa shape index (κ2) is 19.5. The van der Waals surface area contributed by atoms with E-state index in [9.17, 15) is 58.1 Å². The lowest BCUT2D eigenvalue weighted by molar-refractivity contribution is -0.238. The summed E-state index contributed by atoms with van der Waals surface area (Å²) < 4.78 is 69.9. The minimum atomic E-state index is -5.14. The van der Waals surface area contributed by atoms with Gasteiger partial charge in [-0.3, -0.25) is 41.6 Å². The van der Waals surface area contributed by atoms with Gasteiger partial charge in [-0.15, -0.1) is 0 Å². The van der Waals surface area contributed by atoms with Crippen LogP contribution in [0.2, 0.25) is 0 Å². The van der Waals surface area contributed by atoms with Gasteiger partial charge in [-0.25, -0.2) is 0 Å². The number of hydrogen-bond acceptors (Lipinski definition) is 15. The standard InChI is InChI=1S/C24H45O18P3/c1-4-7-10-16(28)37-19-20(38-17(29)11-8-5-2)22(40-43(31,32)13-25)24(42-45(35,36)15-27)23(41-44(33,34)14-26)21(19)39-18(30)12-9-6-3/h19-27H,4-15H2,1-3H3,(H,31,32)(H,33,34)(H,35,36)/t19?,20-,21+,22-,23-,24?/m0/s1. The Morgan fingerprint density at radius 1 is 0.489 bits per heavy atom. The predicted octanol–water partition coefficient (Wildman–Crippen LogP) is 1.87. The van der Waals surface area contributed by atoms with Crippen molar-refractivity contribution in [3.8, 4) is 0 Å². The highest BCUT2D eigenvalue weighted by molar-refractivity contribution is 7.53. The Balaban J connectivity index is 4.06. The lowest BCUT2D eigenvalue weighted by Gasteiger charge is -2.48. The number of carbonyl (C=O) groups excluding carboxylic acids is 3. The maximum atomic E-state index is 12.9. The van der Waals surface area contributed by atoms with E-state index in [1.807, 2.05) is 0 Å². The van der Waals surface area contributed by atoms with Gasteiger partial charge in [-0.1, -0.05) is 40.0 Å². The van der Waals surface area contributed by atoms with Gasteiger partial charge >= 0.3 is 40.7 Å². The molecule has 0 spiro atoms. The third-order valence-corrected chi connectivity index (χ3v) is 9.14. The van der Waals surface area contributed by atoms with Crippen LogP contribution in [-0.4, -0.2) is 104 Å². The zero-order valence-corrected chi connectivity index (χ0v) is 28.1. The van der Waals surface area contributed by atoms with Crippen LogP contribution in [0.25, 0.3) is 0 Å². The molecule has 0 amide bonds. The fraction of sp³-hybridized carbons (Fsp3) is 0.875. The molecule has 1 aliphatic rings. The lowest BCUT2D eigenvalue weighted by atomic mass is 9.84. The van der Waals surface area contributed by atoms with Crippen LogP contribution < -0.4 is 0 Å². The van der Waals surface area contributed by atoms with Crippen molar-refractivity contribution in [2.45, 2.75) is 115 Å². The van der Waals surface area contributed by atoms with Crippen LogP contribution in [-0.2, 0) is 55.9 Å². The Morgan fingerprint density at radius 3 is 0.933 bits per heavy atom. The molecule has 0 aromatic carbocycles. The first-order valence-corrected chi connectivity index (χ1v) is 19.7. The number of esters is 3. The van der Waals surface area contributed by atoms with Crippen LogP contribution in [0.15, 0.2) is 0 Å². The summed E-state index contributed by atoms with van der Waals surface area (Å²) in [5, 5.41) is 28.5. The minimum Gasteiger partial charge on any atom is -0.455 e. The van der Waals surface area contributed by atoms with E-state index in [1.54, 1.807) is 20.8 Å². The van der Waals surface area contributed by atoms with Crippen LogP contribution in [0.5, 0.6) is 0 Å². The summed E-state index contributed by atoms with van der Waals surface area (Å²) in [6.45, 7) is 5.26. The molecule has 0 aromatic rings. The van der Waals surface area contributed by atoms with Gasteiger partial charge in [0.2, 0.25) is 0 Å². The van der Waals surface area contributed by atoms with Crippen molar-refractivity contribution >= 4 is 40.7 Å². The number of ether oxygens (including phenoxy) is 3. The molecule has 0 aromatic heterocycles. The largest absolute Gasteiger partial charge is 0.455 e. The molecule has 0 heterocycles. The molecular weight excluding hydrogens is 669 g/mol. The Morgan fingerprint density at radius 2 is 0.711 bits per heavy atom. The van der Waals surface area contributed by atoms with Gasteiger partial charge in [0.1, 0.15) is 37.4 Å². The fourth-order valence-corrected chi connectivity index (χ4v) is 6.21. The first-order chi connectivity index (χ1) is 21.0. The highest BCUT2D eigenvalue weighted by Gasteiger charge is 2.61. The first kappa shape index (κ1) is 41.8. The molecule has 1 rings (SSSR count). The number of hydrogen-bond donors (Lipinski definition) is 6. The van der Waals surface area contributed by atoms with Crippen LogP contribution in [0.1, 0.15) is 78.6 Å². The van der Waals surface area contributed by atoms with Crippen molar-refractivity contribution in [1.82, 2.24) is 0 Å². The zero-order valence-electron chi connectivity index (χ0n) is 25.4. The Hall–Kier alpha value is -1.26. The molecule has 0 saturated heterocycles. The van der Waals surface area contributed by atoms with E-state index >= 15 is 0 Å². The molecule has 5 unspecified atom stereocenters. The molecule has 9 atom stereocenters. The number of aliphatic hydroxyl groups excluding tert-OH is 3. The summed E-state index contributed by atoms with van der Waals surface area (Å²) in [5.41, 5.74) is 0. The van der Waals surface area contributed by atoms with Gasteiger partial charge in [-0.05, 0) is 19.3 Å². The van der Waals surface area contributed by atoms with Crippen molar-refractivity contribution in [3.05, 3.63) is 0 Å². The quantitative estimate of drug-likeness (QED) is 0.0562. The smallest absolute Gasteiger partial charge is 0.353 e. The van der Waals surface area contributed by atoms with Gasteiger partial charge in [0.25, 0.3) is 0 Å². The second-order valence-electron chi connectivity index (χ2n) is 10.2. The van der Waals surface area contributed by atoms with Gasteiger partial charge in [0, 0.05) is 19.3 Å². The van der Waals surface area contributed by atoms with Crippen LogP contribution >= 0.6 is 22.8 Å². The molecule has 0 radical (unpaired) electrons. The molecule has 6 N–H and O–H groups in total. The third kappa shape index (κ3) is 14.2. The van der Waals surface area contributed by atoms with Crippen LogP contribution in [0.3, 0.4) is 0 Å². The zero-order chi connectivity index (χ0) is 34.4. The highest BCUT2D eigenvalue weighted by atomic mass is 31.2. The molecular formula is C24H45O18P3. The molecule has 45 heavy (non-hydrogen) atoms. The topological polar surface area (TPSA) is 279 Å². The summed E-state index contributed by atoms with van der Waals surface area (Å²) >= 11 is 0. The lowest BCUT2D eigenvalue weighted by Crippen LogP contribution is -2.68. The van der Waals surface area contributed by atoms with Gasteiger partial charge in [-0.2, -0.15) is 0 Å². The third-order valence-electron chi connectivity index (χ3n) is 6.34. The molecule has 21 heteroatoms. The average molecular weight is 715 g/mol. The second-order valence-corrected chi connectivity index (χ2v) is 15.5. The fourth-order valence-electron chi connectivity index (χ4n) is 4.15.